The van der Waals surface area contributed by atoms with Crippen LogP contribution in [0.3, 0.4) is 0 Å². The third-order valence-corrected chi connectivity index (χ3v) is 6.55. The van der Waals surface area contributed by atoms with Crippen molar-refractivity contribution in [3.63, 3.8) is 0 Å². The summed E-state index contributed by atoms with van der Waals surface area (Å²) in [6.07, 6.45) is 4.50. The number of methoxy groups -OCH3 is 1. The van der Waals surface area contributed by atoms with Crippen molar-refractivity contribution in [2.24, 2.45) is 5.92 Å². The summed E-state index contributed by atoms with van der Waals surface area (Å²) in [6.45, 7) is 0.498. The van der Waals surface area contributed by atoms with E-state index in [2.05, 4.69) is 15.3 Å². The van der Waals surface area contributed by atoms with Gasteiger partial charge in [0.25, 0.3) is 11.5 Å². The SMILES string of the molecule is COc1cccc(CNC(=O)c2nc3ccc(F)c(OCCC4C[C@H]5CC[C@@H]4O5)c3c(=O)[nH]2)c1. The van der Waals surface area contributed by atoms with Gasteiger partial charge in [-0.05, 0) is 61.4 Å². The van der Waals surface area contributed by atoms with Gasteiger partial charge in [-0.15, -0.1) is 0 Å². The van der Waals surface area contributed by atoms with Crippen LogP contribution in [0.5, 0.6) is 11.5 Å². The summed E-state index contributed by atoms with van der Waals surface area (Å²) in [4.78, 5) is 32.1. The van der Waals surface area contributed by atoms with Crippen molar-refractivity contribution in [3.05, 3.63) is 64.0 Å². The summed E-state index contributed by atoms with van der Waals surface area (Å²) < 4.78 is 31.3. The molecule has 8 nitrogen and oxygen atoms in total. The molecular formula is C25H26FN3O5. The highest BCUT2D eigenvalue weighted by Gasteiger charge is 2.40. The summed E-state index contributed by atoms with van der Waals surface area (Å²) in [7, 11) is 1.56. The molecule has 0 radical (unpaired) electrons. The Bertz CT molecular complexity index is 1280. The van der Waals surface area contributed by atoms with Gasteiger partial charge in [-0.25, -0.2) is 9.37 Å². The number of ether oxygens (including phenoxy) is 3. The maximum atomic E-state index is 14.6. The molecule has 2 aliphatic heterocycles. The number of hydrogen-bond acceptors (Lipinski definition) is 6. The van der Waals surface area contributed by atoms with Crippen molar-refractivity contribution in [1.82, 2.24) is 15.3 Å². The van der Waals surface area contributed by atoms with E-state index in [9.17, 15) is 14.0 Å². The Morgan fingerprint density at radius 3 is 2.94 bits per heavy atom. The molecule has 2 bridgehead atoms. The second-order valence-electron chi connectivity index (χ2n) is 8.73. The number of H-pyrrole nitrogens is 1. The zero-order valence-electron chi connectivity index (χ0n) is 18.8. The van der Waals surface area contributed by atoms with Crippen molar-refractivity contribution in [2.45, 2.75) is 44.4 Å². The Morgan fingerprint density at radius 1 is 1.29 bits per heavy atom. The molecule has 3 aromatic rings. The largest absolute Gasteiger partial charge is 0.497 e. The Balaban J connectivity index is 1.30. The van der Waals surface area contributed by atoms with Crippen LogP contribution in [0.4, 0.5) is 4.39 Å². The van der Waals surface area contributed by atoms with Crippen LogP contribution in [0.2, 0.25) is 0 Å². The van der Waals surface area contributed by atoms with E-state index in [0.29, 0.717) is 17.8 Å². The lowest BCUT2D eigenvalue weighted by Crippen LogP contribution is -2.27. The van der Waals surface area contributed by atoms with Crippen LogP contribution in [-0.2, 0) is 11.3 Å². The van der Waals surface area contributed by atoms with Crippen molar-refractivity contribution < 1.29 is 23.4 Å². The molecule has 2 aromatic carbocycles. The summed E-state index contributed by atoms with van der Waals surface area (Å²) in [5.74, 6) is -0.417. The Labute approximate surface area is 195 Å². The maximum Gasteiger partial charge on any atom is 0.287 e. The van der Waals surface area contributed by atoms with Gasteiger partial charge in [-0.1, -0.05) is 12.1 Å². The number of nitrogens with one attached hydrogen (secondary N) is 2. The molecule has 0 aliphatic carbocycles. The lowest BCUT2D eigenvalue weighted by molar-refractivity contribution is 0.0884. The second-order valence-corrected chi connectivity index (χ2v) is 8.73. The molecule has 9 heteroatoms. The van der Waals surface area contributed by atoms with Crippen molar-refractivity contribution >= 4 is 16.8 Å². The number of nitrogens with zero attached hydrogens (tertiary/aromatic N) is 1. The van der Waals surface area contributed by atoms with Crippen LogP contribution in [0.25, 0.3) is 10.9 Å². The molecule has 3 atom stereocenters. The van der Waals surface area contributed by atoms with Crippen LogP contribution in [0.15, 0.2) is 41.2 Å². The Morgan fingerprint density at radius 2 is 2.18 bits per heavy atom. The van der Waals surface area contributed by atoms with Gasteiger partial charge in [0.2, 0.25) is 0 Å². The summed E-state index contributed by atoms with van der Waals surface area (Å²) >= 11 is 0. The standard InChI is InChI=1S/C25H26FN3O5/c1-32-16-4-2-3-14(11-16)13-27-25(31)23-28-19-7-6-18(26)22(21(19)24(30)29-23)33-10-9-15-12-17-5-8-20(15)34-17/h2-4,6-7,11,15,17,20H,5,8-10,12-13H2,1H3,(H,27,31)(H,28,29,30)/t15?,17-,20+/m1/s1. The molecule has 0 saturated carbocycles. The fourth-order valence-electron chi connectivity index (χ4n) is 4.83. The zero-order valence-corrected chi connectivity index (χ0v) is 18.8. The highest BCUT2D eigenvalue weighted by atomic mass is 19.1. The third kappa shape index (κ3) is 4.48. The van der Waals surface area contributed by atoms with Crippen molar-refractivity contribution in [1.29, 1.82) is 0 Å². The van der Waals surface area contributed by atoms with E-state index in [0.717, 1.165) is 31.2 Å². The van der Waals surface area contributed by atoms with E-state index < -0.39 is 17.3 Å². The van der Waals surface area contributed by atoms with Gasteiger partial charge < -0.3 is 24.5 Å². The highest BCUT2D eigenvalue weighted by molar-refractivity contribution is 5.93. The first kappa shape index (κ1) is 22.3. The van der Waals surface area contributed by atoms with E-state index >= 15 is 0 Å². The molecule has 1 amide bonds. The topological polar surface area (TPSA) is 103 Å². The summed E-state index contributed by atoms with van der Waals surface area (Å²) in [5.41, 5.74) is 0.388. The number of amides is 1. The number of aromatic nitrogens is 2. The van der Waals surface area contributed by atoms with Crippen LogP contribution >= 0.6 is 0 Å². The lowest BCUT2D eigenvalue weighted by Gasteiger charge is -2.18. The molecule has 3 heterocycles. The zero-order chi connectivity index (χ0) is 23.7. The number of hydrogen-bond donors (Lipinski definition) is 2. The van der Waals surface area contributed by atoms with Gasteiger partial charge in [-0.3, -0.25) is 9.59 Å². The molecule has 2 fully saturated rings. The first-order valence-electron chi connectivity index (χ1n) is 11.4. The molecule has 0 spiro atoms. The molecule has 1 unspecified atom stereocenters. The number of benzene rings is 2. The first-order chi connectivity index (χ1) is 16.5. The van der Waals surface area contributed by atoms with Gasteiger partial charge >= 0.3 is 0 Å². The van der Waals surface area contributed by atoms with E-state index in [4.69, 9.17) is 14.2 Å². The van der Waals surface area contributed by atoms with Gasteiger partial charge in [0, 0.05) is 6.54 Å². The van der Waals surface area contributed by atoms with Crippen LogP contribution in [-0.4, -0.2) is 41.8 Å². The van der Waals surface area contributed by atoms with Crippen LogP contribution in [0.1, 0.15) is 41.9 Å². The number of rotatable bonds is 8. The molecule has 5 rings (SSSR count). The Hall–Kier alpha value is -3.46. The van der Waals surface area contributed by atoms with Gasteiger partial charge in [0.05, 0.1) is 31.4 Å². The van der Waals surface area contributed by atoms with Crippen molar-refractivity contribution in [3.8, 4) is 11.5 Å². The van der Waals surface area contributed by atoms with Crippen LogP contribution < -0.4 is 20.3 Å². The Kier molecular flexibility index (Phi) is 6.19. The average Bonchev–Trinajstić information content (AvgIpc) is 3.47. The van der Waals surface area contributed by atoms with E-state index in [1.54, 1.807) is 19.2 Å². The minimum atomic E-state index is -0.640. The van der Waals surface area contributed by atoms with Gasteiger partial charge in [-0.2, -0.15) is 0 Å². The molecule has 1 aromatic heterocycles. The third-order valence-electron chi connectivity index (χ3n) is 6.55. The number of halogens is 1. The predicted octanol–water partition coefficient (Wildman–Crippen LogP) is 3.34. The maximum absolute atomic E-state index is 14.6. The molecule has 178 valence electrons. The molecule has 2 N–H and O–H groups in total. The summed E-state index contributed by atoms with van der Waals surface area (Å²) in [5, 5.41) is 2.71. The number of carbonyl (C=O) groups is 1. The highest BCUT2D eigenvalue weighted by Crippen LogP contribution is 2.40. The molecule has 2 aliphatic rings. The predicted molar refractivity (Wildman–Crippen MR) is 123 cm³/mol. The monoisotopic (exact) mass is 467 g/mol. The van der Waals surface area contributed by atoms with E-state index in [-0.39, 0.29) is 41.7 Å². The lowest BCUT2D eigenvalue weighted by atomic mass is 9.87. The van der Waals surface area contributed by atoms with Crippen LogP contribution in [0, 0.1) is 11.7 Å². The second kappa shape index (κ2) is 9.42. The number of fused-ring (bicyclic) bond motifs is 3. The molecule has 34 heavy (non-hydrogen) atoms. The number of aromatic amines is 1. The fourth-order valence-corrected chi connectivity index (χ4v) is 4.83. The summed E-state index contributed by atoms with van der Waals surface area (Å²) in [6, 6.07) is 9.83. The minimum Gasteiger partial charge on any atom is -0.497 e. The smallest absolute Gasteiger partial charge is 0.287 e. The molecule has 2 saturated heterocycles. The van der Waals surface area contributed by atoms with Gasteiger partial charge in [0.15, 0.2) is 17.4 Å². The minimum absolute atomic E-state index is 0.00598. The number of carbonyl (C=O) groups excluding carboxylic acids is 1. The van der Waals surface area contributed by atoms with Gasteiger partial charge in [0.1, 0.15) is 11.1 Å². The fraction of sp³-hybridized carbons (Fsp3) is 0.400. The first-order valence-corrected chi connectivity index (χ1v) is 11.4. The normalized spacial score (nSPS) is 21.1. The van der Waals surface area contributed by atoms with Crippen molar-refractivity contribution in [2.75, 3.05) is 13.7 Å². The average molecular weight is 467 g/mol. The quantitative estimate of drug-likeness (QED) is 0.527. The van der Waals surface area contributed by atoms with E-state index in [1.165, 1.54) is 12.1 Å². The van der Waals surface area contributed by atoms with E-state index in [1.807, 2.05) is 12.1 Å². The molecular weight excluding hydrogens is 441 g/mol.